The Morgan fingerprint density at radius 1 is 1.06 bits per heavy atom. The Morgan fingerprint density at radius 3 is 2.39 bits per heavy atom. The first-order valence-electron chi connectivity index (χ1n) is 11.4. The van der Waals surface area contributed by atoms with Gasteiger partial charge in [-0.25, -0.2) is 33.4 Å². The number of halogens is 5. The number of amides is 1. The molecule has 3 aromatic heterocycles. The summed E-state index contributed by atoms with van der Waals surface area (Å²) >= 11 is 0. The smallest absolute Gasteiger partial charge is 0.355 e. The van der Waals surface area contributed by atoms with Crippen molar-refractivity contribution in [2.24, 2.45) is 5.41 Å². The second-order valence-electron chi connectivity index (χ2n) is 9.35. The minimum absolute atomic E-state index is 0.0621. The van der Waals surface area contributed by atoms with Crippen LogP contribution >= 0.6 is 0 Å². The van der Waals surface area contributed by atoms with Crippen molar-refractivity contribution in [3.8, 4) is 0 Å². The molecule has 0 aliphatic carbocycles. The van der Waals surface area contributed by atoms with E-state index in [1.54, 1.807) is 18.0 Å². The van der Waals surface area contributed by atoms with E-state index in [9.17, 15) is 26.7 Å². The van der Waals surface area contributed by atoms with E-state index in [1.807, 2.05) is 4.90 Å². The summed E-state index contributed by atoms with van der Waals surface area (Å²) in [5.41, 5.74) is 0.910. The molecule has 2 aliphatic rings. The van der Waals surface area contributed by atoms with E-state index in [-0.39, 0.29) is 11.3 Å². The predicted octanol–water partition coefficient (Wildman–Crippen LogP) is 3.48. The van der Waals surface area contributed by atoms with E-state index in [0.29, 0.717) is 61.4 Å². The molecule has 14 heteroatoms. The SMILES string of the molecule is CC(c1cnc(C(F)(F)F)nc1)N1CC2(CCN(c3cnc4cnn(CC(F)F)c4n3)CC2)CC1=O. The number of aromatic nitrogens is 6. The normalized spacial score (nSPS) is 19.1. The van der Waals surface area contributed by atoms with E-state index in [2.05, 4.69) is 25.0 Å². The highest BCUT2D eigenvalue weighted by molar-refractivity contribution is 5.80. The third kappa shape index (κ3) is 4.55. The molecular formula is C22H23F5N8O. The average Bonchev–Trinajstić information content (AvgIpc) is 3.38. The van der Waals surface area contributed by atoms with Gasteiger partial charge >= 0.3 is 6.18 Å². The van der Waals surface area contributed by atoms with Crippen molar-refractivity contribution in [3.63, 3.8) is 0 Å². The fourth-order valence-electron chi connectivity index (χ4n) is 4.96. The molecule has 2 fully saturated rings. The zero-order chi connectivity index (χ0) is 25.7. The van der Waals surface area contributed by atoms with Gasteiger partial charge in [-0.05, 0) is 19.8 Å². The largest absolute Gasteiger partial charge is 0.451 e. The molecule has 0 radical (unpaired) electrons. The number of anilines is 1. The molecule has 2 saturated heterocycles. The van der Waals surface area contributed by atoms with Crippen molar-refractivity contribution in [1.29, 1.82) is 0 Å². The average molecular weight is 510 g/mol. The summed E-state index contributed by atoms with van der Waals surface area (Å²) in [5, 5.41) is 3.94. The van der Waals surface area contributed by atoms with Crippen LogP contribution in [0.4, 0.5) is 27.8 Å². The number of fused-ring (bicyclic) bond motifs is 1. The molecule has 3 aromatic rings. The summed E-state index contributed by atoms with van der Waals surface area (Å²) in [7, 11) is 0. The van der Waals surface area contributed by atoms with Gasteiger partial charge in [-0.1, -0.05) is 0 Å². The van der Waals surface area contributed by atoms with Crippen molar-refractivity contribution in [2.45, 2.75) is 51.4 Å². The van der Waals surface area contributed by atoms with E-state index in [1.165, 1.54) is 6.20 Å². The molecule has 5 heterocycles. The standard InChI is InChI=1S/C22H23F5N8O/c1-13(14-7-29-20(30-8-14)22(25,26)27)34-12-21(6-18(34)36)2-4-33(5-3-21)17-10-28-15-9-31-35(11-16(23)24)19(15)32-17/h7-10,13,16H,2-6,11-12H2,1H3. The van der Waals surface area contributed by atoms with Gasteiger partial charge < -0.3 is 9.80 Å². The molecule has 0 bridgehead atoms. The van der Waals surface area contributed by atoms with Crippen molar-refractivity contribution in [2.75, 3.05) is 24.5 Å². The monoisotopic (exact) mass is 510 g/mol. The van der Waals surface area contributed by atoms with Gasteiger partial charge in [0.25, 0.3) is 6.43 Å². The maximum atomic E-state index is 12.9. The van der Waals surface area contributed by atoms with Crippen LogP contribution < -0.4 is 4.90 Å². The maximum absolute atomic E-state index is 12.9. The Bertz CT molecular complexity index is 1250. The quantitative estimate of drug-likeness (QED) is 0.486. The lowest BCUT2D eigenvalue weighted by molar-refractivity contribution is -0.145. The summed E-state index contributed by atoms with van der Waals surface area (Å²) in [4.78, 5) is 32.2. The molecule has 5 rings (SSSR count). The predicted molar refractivity (Wildman–Crippen MR) is 117 cm³/mol. The molecule has 1 spiro atoms. The van der Waals surface area contributed by atoms with Gasteiger partial charge in [0.05, 0.1) is 18.4 Å². The lowest BCUT2D eigenvalue weighted by Crippen LogP contribution is -2.42. The Hall–Kier alpha value is -3.45. The van der Waals surface area contributed by atoms with Gasteiger partial charge in [0.15, 0.2) is 5.65 Å². The van der Waals surface area contributed by atoms with Crippen molar-refractivity contribution < 1.29 is 26.7 Å². The van der Waals surface area contributed by atoms with Gasteiger partial charge in [0.2, 0.25) is 11.7 Å². The zero-order valence-corrected chi connectivity index (χ0v) is 19.3. The number of hydrogen-bond acceptors (Lipinski definition) is 7. The van der Waals surface area contributed by atoms with Crippen LogP contribution in [0.1, 0.15) is 43.6 Å². The van der Waals surface area contributed by atoms with Gasteiger partial charge in [-0.15, -0.1) is 0 Å². The van der Waals surface area contributed by atoms with E-state index in [4.69, 9.17) is 0 Å². The van der Waals surface area contributed by atoms with Crippen LogP contribution in [-0.4, -0.2) is 66.6 Å². The highest BCUT2D eigenvalue weighted by Crippen LogP contribution is 2.44. The number of nitrogens with zero attached hydrogens (tertiary/aromatic N) is 8. The van der Waals surface area contributed by atoms with Gasteiger partial charge in [0.1, 0.15) is 17.9 Å². The number of carbonyl (C=O) groups excluding carboxylic acids is 1. The van der Waals surface area contributed by atoms with Crippen LogP contribution in [0.5, 0.6) is 0 Å². The molecule has 36 heavy (non-hydrogen) atoms. The van der Waals surface area contributed by atoms with Crippen LogP contribution in [0, 0.1) is 5.41 Å². The minimum atomic E-state index is -4.62. The Kier molecular flexibility index (Phi) is 5.99. The Labute approximate surface area is 202 Å². The lowest BCUT2D eigenvalue weighted by atomic mass is 9.77. The van der Waals surface area contributed by atoms with Crippen LogP contribution in [-0.2, 0) is 17.5 Å². The molecule has 2 aliphatic heterocycles. The number of rotatable bonds is 5. The second-order valence-corrected chi connectivity index (χ2v) is 9.35. The first-order chi connectivity index (χ1) is 17.0. The first-order valence-corrected chi connectivity index (χ1v) is 11.4. The molecule has 1 atom stereocenters. The topological polar surface area (TPSA) is 92.9 Å². The number of carbonyl (C=O) groups is 1. The summed E-state index contributed by atoms with van der Waals surface area (Å²) < 4.78 is 65.1. The van der Waals surface area contributed by atoms with Crippen molar-refractivity contribution in [3.05, 3.63) is 36.2 Å². The molecular weight excluding hydrogens is 487 g/mol. The Balaban J connectivity index is 1.26. The molecule has 192 valence electrons. The van der Waals surface area contributed by atoms with Crippen LogP contribution in [0.15, 0.2) is 24.8 Å². The van der Waals surface area contributed by atoms with Crippen LogP contribution in [0.3, 0.4) is 0 Å². The van der Waals surface area contributed by atoms with E-state index >= 15 is 0 Å². The zero-order valence-electron chi connectivity index (χ0n) is 19.3. The molecule has 1 unspecified atom stereocenters. The molecule has 9 nitrogen and oxygen atoms in total. The van der Waals surface area contributed by atoms with Crippen molar-refractivity contribution in [1.82, 2.24) is 34.6 Å². The molecule has 0 saturated carbocycles. The minimum Gasteiger partial charge on any atom is -0.355 e. The number of hydrogen-bond donors (Lipinski definition) is 0. The van der Waals surface area contributed by atoms with Crippen molar-refractivity contribution >= 4 is 22.9 Å². The lowest BCUT2D eigenvalue weighted by Gasteiger charge is -2.39. The van der Waals surface area contributed by atoms with Crippen LogP contribution in [0.25, 0.3) is 11.2 Å². The number of alkyl halides is 5. The summed E-state index contributed by atoms with van der Waals surface area (Å²) in [6.07, 6.45) is -0.214. The summed E-state index contributed by atoms with van der Waals surface area (Å²) in [6.45, 7) is 2.87. The number of piperidine rings is 1. The van der Waals surface area contributed by atoms with Crippen LogP contribution in [0.2, 0.25) is 0 Å². The highest BCUT2D eigenvalue weighted by Gasteiger charge is 2.46. The first kappa shape index (κ1) is 24.3. The van der Waals surface area contributed by atoms with E-state index in [0.717, 1.165) is 17.1 Å². The molecule has 0 aromatic carbocycles. The summed E-state index contributed by atoms with van der Waals surface area (Å²) in [5.74, 6) is -0.716. The highest BCUT2D eigenvalue weighted by atomic mass is 19.4. The third-order valence-electron chi connectivity index (χ3n) is 7.02. The fourth-order valence-corrected chi connectivity index (χ4v) is 4.96. The van der Waals surface area contributed by atoms with Gasteiger partial charge in [0, 0.05) is 49.4 Å². The number of likely N-dealkylation sites (tertiary alicyclic amines) is 1. The Morgan fingerprint density at radius 2 is 1.75 bits per heavy atom. The molecule has 1 amide bonds. The third-order valence-corrected chi connectivity index (χ3v) is 7.02. The summed E-state index contributed by atoms with van der Waals surface area (Å²) in [6, 6.07) is -0.458. The second kappa shape index (κ2) is 8.89. The molecule has 0 N–H and O–H groups in total. The van der Waals surface area contributed by atoms with E-state index < -0.39 is 31.0 Å². The maximum Gasteiger partial charge on any atom is 0.451 e. The van der Waals surface area contributed by atoms with Gasteiger partial charge in [-0.3, -0.25) is 4.79 Å². The van der Waals surface area contributed by atoms with Gasteiger partial charge in [-0.2, -0.15) is 18.3 Å². The fraction of sp³-hybridized carbons (Fsp3) is 0.545.